The summed E-state index contributed by atoms with van der Waals surface area (Å²) in [5, 5.41) is 9.93. The van der Waals surface area contributed by atoms with Gasteiger partial charge in [0, 0.05) is 36.5 Å². The van der Waals surface area contributed by atoms with Gasteiger partial charge in [-0.3, -0.25) is 4.79 Å². The van der Waals surface area contributed by atoms with Gasteiger partial charge >= 0.3 is 12.1 Å². The highest BCUT2D eigenvalue weighted by Gasteiger charge is 2.38. The zero-order chi connectivity index (χ0) is 25.6. The van der Waals surface area contributed by atoms with Gasteiger partial charge in [-0.15, -0.1) is 0 Å². The Hall–Kier alpha value is -3.64. The summed E-state index contributed by atoms with van der Waals surface area (Å²) in [6.07, 6.45) is -4.65. The van der Waals surface area contributed by atoms with Crippen molar-refractivity contribution in [1.82, 2.24) is 0 Å². The van der Waals surface area contributed by atoms with E-state index >= 15 is 0 Å². The Labute approximate surface area is 192 Å². The lowest BCUT2D eigenvalue weighted by Crippen LogP contribution is -2.21. The van der Waals surface area contributed by atoms with Crippen molar-refractivity contribution in [2.75, 3.05) is 38.8 Å². The molecule has 0 radical (unpaired) electrons. The van der Waals surface area contributed by atoms with Crippen molar-refractivity contribution in [2.45, 2.75) is 6.18 Å². The van der Waals surface area contributed by atoms with Gasteiger partial charge in [0.15, 0.2) is 11.5 Å². The number of carboxylic acid groups (broad SMARTS) is 1. The maximum absolute atomic E-state index is 12.7. The van der Waals surface area contributed by atoms with Crippen molar-refractivity contribution < 1.29 is 46.5 Å². The summed E-state index contributed by atoms with van der Waals surface area (Å²) < 4.78 is 60.6. The molecule has 8 nitrogen and oxygen atoms in total. The second-order valence-corrected chi connectivity index (χ2v) is 6.39. The van der Waals surface area contributed by atoms with E-state index in [0.717, 1.165) is 0 Å². The fourth-order valence-electron chi connectivity index (χ4n) is 2.15. The van der Waals surface area contributed by atoms with Crippen LogP contribution in [0.2, 0.25) is 0 Å². The van der Waals surface area contributed by atoms with E-state index in [2.05, 4.69) is 5.32 Å². The number of anilines is 1. The quantitative estimate of drug-likeness (QED) is 0.344. The van der Waals surface area contributed by atoms with Crippen LogP contribution in [0.1, 0.15) is 10.4 Å². The number of methoxy groups -OCH3 is 1. The third kappa shape index (κ3) is 10.3. The highest BCUT2D eigenvalue weighted by atomic mass is 19.4. The first-order valence-electron chi connectivity index (χ1n) is 9.65. The first-order valence-corrected chi connectivity index (χ1v) is 9.65. The predicted octanol–water partition coefficient (Wildman–Crippen LogP) is 3.79. The molecule has 0 aliphatic rings. The van der Waals surface area contributed by atoms with Crippen molar-refractivity contribution in [3.8, 4) is 11.5 Å². The highest BCUT2D eigenvalue weighted by Crippen LogP contribution is 2.31. The van der Waals surface area contributed by atoms with Gasteiger partial charge in [-0.2, -0.15) is 13.2 Å². The molecule has 4 N–H and O–H groups in total. The lowest BCUT2D eigenvalue weighted by Gasteiger charge is -2.15. The average molecular weight is 488 g/mol. The van der Waals surface area contributed by atoms with Crippen molar-refractivity contribution in [3.63, 3.8) is 0 Å². The van der Waals surface area contributed by atoms with Crippen molar-refractivity contribution in [1.29, 1.82) is 0 Å². The van der Waals surface area contributed by atoms with Crippen LogP contribution in [-0.2, 0) is 9.53 Å². The summed E-state index contributed by atoms with van der Waals surface area (Å²) in [4.78, 5) is 21.2. The van der Waals surface area contributed by atoms with Crippen LogP contribution in [0, 0.1) is 0 Å². The molecule has 2 aromatic carbocycles. The molecule has 0 bridgehead atoms. The van der Waals surface area contributed by atoms with Crippen LogP contribution in [0.15, 0.2) is 60.4 Å². The van der Waals surface area contributed by atoms with E-state index in [1.54, 1.807) is 49.6 Å². The van der Waals surface area contributed by atoms with E-state index in [-0.39, 0.29) is 19.1 Å². The van der Waals surface area contributed by atoms with Gasteiger partial charge in [0.1, 0.15) is 13.2 Å². The number of hydrogen-bond donors (Lipinski definition) is 3. The minimum Gasteiger partial charge on any atom is -0.487 e. The second kappa shape index (κ2) is 14.5. The van der Waals surface area contributed by atoms with Crippen molar-refractivity contribution in [2.24, 2.45) is 5.73 Å². The monoisotopic (exact) mass is 488 g/mol. The number of amides is 1. The Morgan fingerprint density at radius 1 is 1.06 bits per heavy atom. The van der Waals surface area contributed by atoms with Crippen LogP contribution in [0.25, 0.3) is 0 Å². The van der Waals surface area contributed by atoms with E-state index in [4.69, 9.17) is 29.8 Å². The van der Waals surface area contributed by atoms with Gasteiger partial charge in [0.25, 0.3) is 5.91 Å². The number of alkyl halides is 3. The number of halogens is 4. The molecule has 2 rings (SSSR count). The number of aliphatic carboxylic acids is 1. The molecule has 186 valence electrons. The first kappa shape index (κ1) is 28.4. The Kier molecular flexibility index (Phi) is 12.1. The molecule has 0 fully saturated rings. The molecule has 1 amide bonds. The van der Waals surface area contributed by atoms with Crippen molar-refractivity contribution >= 4 is 17.6 Å². The standard InChI is InChI=1S/C20H23FN2O4.C2HF3O2/c1-25-9-10-26-19-11-17(23-20(24)16-5-3-2-4-6-16)7-8-18(19)27-14-15(12-21)13-22;3-2(4,5)1(6)7/h2-8,11-12H,9-10,13-14,22H2,1H3,(H,23,24);(H,6,7)/b15-12-;. The molecule has 0 heterocycles. The Balaban J connectivity index is 0.000000718. The van der Waals surface area contributed by atoms with E-state index in [1.165, 1.54) is 0 Å². The van der Waals surface area contributed by atoms with Gasteiger partial charge < -0.3 is 30.4 Å². The van der Waals surface area contributed by atoms with E-state index in [0.29, 0.717) is 47.9 Å². The van der Waals surface area contributed by atoms with Crippen molar-refractivity contribution in [3.05, 3.63) is 66.0 Å². The molecular weight excluding hydrogens is 464 g/mol. The smallest absolute Gasteiger partial charge is 0.487 e. The number of ether oxygens (including phenoxy) is 3. The molecule has 0 saturated heterocycles. The number of nitrogens with one attached hydrogen (secondary N) is 1. The first-order chi connectivity index (χ1) is 16.1. The van der Waals surface area contributed by atoms with Gasteiger partial charge in [0.05, 0.1) is 12.9 Å². The molecule has 12 heteroatoms. The molecule has 0 aliphatic carbocycles. The molecule has 0 aromatic heterocycles. The van der Waals surface area contributed by atoms with Gasteiger partial charge in [0.2, 0.25) is 0 Å². The van der Waals surface area contributed by atoms with Gasteiger partial charge in [-0.25, -0.2) is 9.18 Å². The SMILES string of the molecule is COCCOc1cc(NC(=O)c2ccccc2)ccc1OC/C(=C\F)CN.O=C(O)C(F)(F)F. The minimum atomic E-state index is -5.08. The third-order valence-corrected chi connectivity index (χ3v) is 3.85. The number of benzene rings is 2. The Bertz CT molecular complexity index is 952. The normalized spacial score (nSPS) is 11.2. The van der Waals surface area contributed by atoms with E-state index in [9.17, 15) is 22.4 Å². The summed E-state index contributed by atoms with van der Waals surface area (Å²) in [6.45, 7) is 0.745. The maximum Gasteiger partial charge on any atom is 0.490 e. The molecule has 0 spiro atoms. The molecular formula is C22H24F4N2O6. The number of rotatable bonds is 10. The molecule has 2 aromatic rings. The number of carboxylic acids is 1. The summed E-state index contributed by atoms with van der Waals surface area (Å²) in [6, 6.07) is 13.8. The average Bonchev–Trinajstić information content (AvgIpc) is 2.81. The topological polar surface area (TPSA) is 120 Å². The number of nitrogens with two attached hydrogens (primary N) is 1. The Morgan fingerprint density at radius 2 is 1.71 bits per heavy atom. The van der Waals surface area contributed by atoms with Crippen LogP contribution in [0.3, 0.4) is 0 Å². The summed E-state index contributed by atoms with van der Waals surface area (Å²) in [5.41, 5.74) is 6.84. The highest BCUT2D eigenvalue weighted by molar-refractivity contribution is 6.04. The molecule has 0 aliphatic heterocycles. The largest absolute Gasteiger partial charge is 0.490 e. The van der Waals surface area contributed by atoms with Crippen LogP contribution in [-0.4, -0.2) is 56.6 Å². The lowest BCUT2D eigenvalue weighted by atomic mass is 10.2. The summed E-state index contributed by atoms with van der Waals surface area (Å²) >= 11 is 0. The minimum absolute atomic E-state index is 0.00333. The molecule has 34 heavy (non-hydrogen) atoms. The van der Waals surface area contributed by atoms with E-state index in [1.807, 2.05) is 6.07 Å². The maximum atomic E-state index is 12.7. The van der Waals surface area contributed by atoms with Crippen LogP contribution in [0.4, 0.5) is 23.2 Å². The molecule has 0 saturated carbocycles. The van der Waals surface area contributed by atoms with Gasteiger partial charge in [-0.1, -0.05) is 18.2 Å². The van der Waals surface area contributed by atoms with Crippen LogP contribution >= 0.6 is 0 Å². The molecule has 0 atom stereocenters. The fourth-order valence-corrected chi connectivity index (χ4v) is 2.15. The van der Waals surface area contributed by atoms with Crippen LogP contribution in [0.5, 0.6) is 11.5 Å². The van der Waals surface area contributed by atoms with E-state index < -0.39 is 12.1 Å². The second-order valence-electron chi connectivity index (χ2n) is 6.39. The summed E-state index contributed by atoms with van der Waals surface area (Å²) in [5.74, 6) is -2.17. The number of hydrogen-bond acceptors (Lipinski definition) is 6. The number of carbonyl (C=O) groups excluding carboxylic acids is 1. The number of carbonyl (C=O) groups is 2. The lowest BCUT2D eigenvalue weighted by molar-refractivity contribution is -0.192. The van der Waals surface area contributed by atoms with Gasteiger partial charge in [-0.05, 0) is 24.3 Å². The third-order valence-electron chi connectivity index (χ3n) is 3.85. The summed E-state index contributed by atoms with van der Waals surface area (Å²) in [7, 11) is 1.57. The van der Waals surface area contributed by atoms with Crippen LogP contribution < -0.4 is 20.5 Å². The fraction of sp³-hybridized carbons (Fsp3) is 0.273. The molecule has 0 unspecified atom stereocenters. The zero-order valence-corrected chi connectivity index (χ0v) is 18.1. The zero-order valence-electron chi connectivity index (χ0n) is 18.1. The Morgan fingerprint density at radius 3 is 2.24 bits per heavy atom. The predicted molar refractivity (Wildman–Crippen MR) is 116 cm³/mol.